The maximum atomic E-state index is 13.9. The summed E-state index contributed by atoms with van der Waals surface area (Å²) in [5, 5.41) is 0.379. The minimum Gasteiger partial charge on any atom is -0.302 e. The molecule has 0 aliphatic heterocycles. The summed E-state index contributed by atoms with van der Waals surface area (Å²) in [6.07, 6.45) is 0. The van der Waals surface area contributed by atoms with Crippen LogP contribution in [0.5, 0.6) is 0 Å². The quantitative estimate of drug-likeness (QED) is 0.644. The Morgan fingerprint density at radius 2 is 2.00 bits per heavy atom. The molecule has 1 unspecified atom stereocenters. The molecule has 1 rings (SSSR count). The van der Waals surface area contributed by atoms with E-state index in [4.69, 9.17) is 17.4 Å². The highest BCUT2D eigenvalue weighted by molar-refractivity contribution is 6.30. The molecular formula is C12H19ClFN3. The molecule has 0 bridgehead atoms. The van der Waals surface area contributed by atoms with Crippen LogP contribution in [0.1, 0.15) is 25.5 Å². The van der Waals surface area contributed by atoms with Crippen molar-refractivity contribution in [1.29, 1.82) is 0 Å². The van der Waals surface area contributed by atoms with E-state index in [9.17, 15) is 4.39 Å². The zero-order valence-electron chi connectivity index (χ0n) is 10.6. The van der Waals surface area contributed by atoms with Crippen molar-refractivity contribution in [1.82, 2.24) is 10.3 Å². The van der Waals surface area contributed by atoms with Gasteiger partial charge >= 0.3 is 0 Å². The van der Waals surface area contributed by atoms with Crippen LogP contribution in [-0.2, 0) is 0 Å². The minimum atomic E-state index is -0.352. The largest absolute Gasteiger partial charge is 0.302 e. The fourth-order valence-corrected chi connectivity index (χ4v) is 1.83. The average Bonchev–Trinajstić information content (AvgIpc) is 2.21. The van der Waals surface area contributed by atoms with Crippen molar-refractivity contribution in [2.45, 2.75) is 25.4 Å². The molecule has 0 amide bonds. The summed E-state index contributed by atoms with van der Waals surface area (Å²) in [5.41, 5.74) is 2.86. The lowest BCUT2D eigenvalue weighted by molar-refractivity contribution is 0.136. The van der Waals surface area contributed by atoms with E-state index in [0.29, 0.717) is 10.6 Å². The Morgan fingerprint density at radius 1 is 1.41 bits per heavy atom. The zero-order chi connectivity index (χ0) is 13.2. The van der Waals surface area contributed by atoms with Crippen LogP contribution in [-0.4, -0.2) is 24.5 Å². The molecule has 0 spiro atoms. The van der Waals surface area contributed by atoms with Crippen LogP contribution in [0.2, 0.25) is 5.02 Å². The zero-order valence-corrected chi connectivity index (χ0v) is 11.3. The molecule has 0 radical (unpaired) electrons. The van der Waals surface area contributed by atoms with Crippen molar-refractivity contribution in [2.24, 2.45) is 5.84 Å². The molecule has 0 saturated heterocycles. The number of hydrogen-bond acceptors (Lipinski definition) is 3. The summed E-state index contributed by atoms with van der Waals surface area (Å²) in [6, 6.07) is 4.30. The normalized spacial score (nSPS) is 14.1. The first-order valence-corrected chi connectivity index (χ1v) is 5.77. The summed E-state index contributed by atoms with van der Waals surface area (Å²) >= 11 is 5.74. The predicted octanol–water partition coefficient (Wildman–Crippen LogP) is 2.32. The molecule has 3 N–H and O–H groups in total. The fraction of sp³-hybridized carbons (Fsp3) is 0.500. The number of hydrazine groups is 1. The lowest BCUT2D eigenvalue weighted by atomic mass is 9.87. The van der Waals surface area contributed by atoms with Crippen LogP contribution >= 0.6 is 11.6 Å². The van der Waals surface area contributed by atoms with Gasteiger partial charge in [-0.1, -0.05) is 17.7 Å². The molecule has 96 valence electrons. The maximum Gasteiger partial charge on any atom is 0.129 e. The van der Waals surface area contributed by atoms with Gasteiger partial charge in [-0.15, -0.1) is 0 Å². The molecule has 0 aliphatic carbocycles. The summed E-state index contributed by atoms with van der Waals surface area (Å²) in [6.45, 7) is 3.98. The SMILES string of the molecule is CN(C)C(C)(C)C(NN)c1ccc(Cl)cc1F. The van der Waals surface area contributed by atoms with Crippen LogP contribution in [0.25, 0.3) is 0 Å². The highest BCUT2D eigenvalue weighted by Gasteiger charge is 2.33. The molecule has 17 heavy (non-hydrogen) atoms. The van der Waals surface area contributed by atoms with E-state index in [1.165, 1.54) is 6.07 Å². The van der Waals surface area contributed by atoms with Crippen molar-refractivity contribution in [3.05, 3.63) is 34.6 Å². The molecule has 1 aromatic carbocycles. The summed E-state index contributed by atoms with van der Waals surface area (Å²) in [5.74, 6) is 5.21. The van der Waals surface area contributed by atoms with E-state index in [-0.39, 0.29) is 17.4 Å². The number of rotatable bonds is 4. The van der Waals surface area contributed by atoms with Gasteiger partial charge in [-0.3, -0.25) is 11.3 Å². The first kappa shape index (κ1) is 14.4. The molecule has 0 aromatic heterocycles. The predicted molar refractivity (Wildman–Crippen MR) is 69.2 cm³/mol. The second-order valence-electron chi connectivity index (χ2n) is 4.81. The van der Waals surface area contributed by atoms with Gasteiger partial charge in [-0.2, -0.15) is 0 Å². The second-order valence-corrected chi connectivity index (χ2v) is 5.25. The molecule has 1 atom stereocenters. The molecule has 0 fully saturated rings. The van der Waals surface area contributed by atoms with Gasteiger partial charge in [0, 0.05) is 16.1 Å². The Bertz CT molecular complexity index is 393. The number of nitrogens with one attached hydrogen (secondary N) is 1. The van der Waals surface area contributed by atoms with Crippen LogP contribution in [0.3, 0.4) is 0 Å². The smallest absolute Gasteiger partial charge is 0.129 e. The van der Waals surface area contributed by atoms with E-state index in [1.54, 1.807) is 12.1 Å². The summed E-state index contributed by atoms with van der Waals surface area (Å²) in [4.78, 5) is 1.99. The Balaban J connectivity index is 3.18. The summed E-state index contributed by atoms with van der Waals surface area (Å²) in [7, 11) is 3.86. The molecule has 0 heterocycles. The second kappa shape index (κ2) is 5.31. The van der Waals surface area contributed by atoms with Gasteiger partial charge in [0.1, 0.15) is 5.82 Å². The first-order chi connectivity index (χ1) is 7.80. The Kier molecular flexibility index (Phi) is 4.49. The van der Waals surface area contributed by atoms with Gasteiger partial charge in [0.25, 0.3) is 0 Å². The highest BCUT2D eigenvalue weighted by atomic mass is 35.5. The van der Waals surface area contributed by atoms with Crippen LogP contribution in [0, 0.1) is 5.82 Å². The molecule has 1 aromatic rings. The Labute approximate surface area is 107 Å². The van der Waals surface area contributed by atoms with Gasteiger partial charge in [0.2, 0.25) is 0 Å². The van der Waals surface area contributed by atoms with E-state index in [1.807, 2.05) is 32.8 Å². The van der Waals surface area contributed by atoms with Gasteiger partial charge in [-0.25, -0.2) is 4.39 Å². The van der Waals surface area contributed by atoms with E-state index >= 15 is 0 Å². The van der Waals surface area contributed by atoms with Gasteiger partial charge < -0.3 is 4.90 Å². The van der Waals surface area contributed by atoms with Crippen molar-refractivity contribution in [3.63, 3.8) is 0 Å². The Hall–Kier alpha value is -0.680. The average molecular weight is 260 g/mol. The van der Waals surface area contributed by atoms with E-state index in [2.05, 4.69) is 5.43 Å². The van der Waals surface area contributed by atoms with Crippen molar-refractivity contribution in [2.75, 3.05) is 14.1 Å². The van der Waals surface area contributed by atoms with Crippen molar-refractivity contribution >= 4 is 11.6 Å². The van der Waals surface area contributed by atoms with Gasteiger partial charge in [0.15, 0.2) is 0 Å². The van der Waals surface area contributed by atoms with Crippen molar-refractivity contribution in [3.8, 4) is 0 Å². The molecule has 0 saturated carbocycles. The number of nitrogens with two attached hydrogens (primary N) is 1. The third kappa shape index (κ3) is 2.96. The standard InChI is InChI=1S/C12H19ClFN3/c1-12(2,17(3)4)11(16-15)9-6-5-8(13)7-10(9)14/h5-7,11,16H,15H2,1-4H3. The Morgan fingerprint density at radius 3 is 2.41 bits per heavy atom. The highest BCUT2D eigenvalue weighted by Crippen LogP contribution is 2.31. The molecule has 3 nitrogen and oxygen atoms in total. The maximum absolute atomic E-state index is 13.9. The molecule has 0 aliphatic rings. The number of hydrogen-bond donors (Lipinski definition) is 2. The lowest BCUT2D eigenvalue weighted by Gasteiger charge is -2.40. The van der Waals surface area contributed by atoms with Crippen LogP contribution in [0.4, 0.5) is 4.39 Å². The van der Waals surface area contributed by atoms with Gasteiger partial charge in [-0.05, 0) is 40.1 Å². The summed E-state index contributed by atoms with van der Waals surface area (Å²) < 4.78 is 13.9. The van der Waals surface area contributed by atoms with Crippen molar-refractivity contribution < 1.29 is 4.39 Å². The topological polar surface area (TPSA) is 41.3 Å². The molecule has 5 heteroatoms. The van der Waals surface area contributed by atoms with Gasteiger partial charge in [0.05, 0.1) is 6.04 Å². The molecular weight excluding hydrogens is 241 g/mol. The lowest BCUT2D eigenvalue weighted by Crippen LogP contribution is -2.51. The van der Waals surface area contributed by atoms with Crippen LogP contribution < -0.4 is 11.3 Å². The number of nitrogens with zero attached hydrogens (tertiary/aromatic N) is 1. The number of likely N-dealkylation sites (N-methyl/N-ethyl adjacent to an activating group) is 1. The van der Waals surface area contributed by atoms with Crippen LogP contribution in [0.15, 0.2) is 18.2 Å². The minimum absolute atomic E-state index is 0.324. The van der Waals surface area contributed by atoms with E-state index < -0.39 is 0 Å². The van der Waals surface area contributed by atoms with E-state index in [0.717, 1.165) is 0 Å². The third-order valence-electron chi connectivity index (χ3n) is 3.30. The first-order valence-electron chi connectivity index (χ1n) is 5.39. The fourth-order valence-electron chi connectivity index (χ4n) is 1.67. The monoisotopic (exact) mass is 259 g/mol. The number of benzene rings is 1. The number of halogens is 2. The third-order valence-corrected chi connectivity index (χ3v) is 3.53.